The van der Waals surface area contributed by atoms with Crippen LogP contribution in [0.4, 0.5) is 10.2 Å². The Bertz CT molecular complexity index is 812. The Labute approximate surface area is 132 Å². The molecule has 1 aromatic heterocycles. The van der Waals surface area contributed by atoms with Crippen molar-refractivity contribution in [3.05, 3.63) is 48.2 Å². The Hall–Kier alpha value is -2.55. The van der Waals surface area contributed by atoms with Crippen LogP contribution in [0.2, 0.25) is 0 Å². The quantitative estimate of drug-likeness (QED) is 0.769. The predicted octanol–water partition coefficient (Wildman–Crippen LogP) is 1.62. The van der Waals surface area contributed by atoms with Gasteiger partial charge in [-0.15, -0.1) is 0 Å². The smallest absolute Gasteiger partial charge is 0.338 e. The molecule has 0 saturated heterocycles. The van der Waals surface area contributed by atoms with Crippen molar-refractivity contribution in [2.75, 3.05) is 18.0 Å². The number of anilines is 1. The number of rotatable bonds is 5. The number of sulfonamides is 1. The van der Waals surface area contributed by atoms with Crippen molar-refractivity contribution < 1.29 is 22.3 Å². The molecule has 0 saturated carbocycles. The van der Waals surface area contributed by atoms with Gasteiger partial charge in [-0.3, -0.25) is 9.29 Å². The standard InChI is InChI=1S/C14H14FN3O4S/c1-3-22-14(19)10-6-11(15)8-12(7-10)23(20,21)18(2)13-9-16-4-5-17-13/h4-9H,3H2,1-2H3. The molecule has 0 fully saturated rings. The Morgan fingerprint density at radius 1 is 1.30 bits per heavy atom. The van der Waals surface area contributed by atoms with Crippen molar-refractivity contribution in [3.63, 3.8) is 0 Å². The Balaban J connectivity index is 2.46. The summed E-state index contributed by atoms with van der Waals surface area (Å²) in [6.07, 6.45) is 3.98. The lowest BCUT2D eigenvalue weighted by molar-refractivity contribution is 0.0525. The van der Waals surface area contributed by atoms with E-state index >= 15 is 0 Å². The van der Waals surface area contributed by atoms with Gasteiger partial charge in [-0.05, 0) is 25.1 Å². The van der Waals surface area contributed by atoms with Crippen molar-refractivity contribution in [3.8, 4) is 0 Å². The summed E-state index contributed by atoms with van der Waals surface area (Å²) in [6, 6.07) is 2.80. The first-order chi connectivity index (χ1) is 10.9. The van der Waals surface area contributed by atoms with Crippen LogP contribution >= 0.6 is 0 Å². The van der Waals surface area contributed by atoms with E-state index in [1.54, 1.807) is 6.92 Å². The third kappa shape index (κ3) is 3.62. The molecule has 0 amide bonds. The van der Waals surface area contributed by atoms with Crippen molar-refractivity contribution in [1.82, 2.24) is 9.97 Å². The van der Waals surface area contributed by atoms with Gasteiger partial charge in [0.2, 0.25) is 0 Å². The third-order valence-electron chi connectivity index (χ3n) is 2.91. The fourth-order valence-corrected chi connectivity index (χ4v) is 2.97. The van der Waals surface area contributed by atoms with Crippen LogP contribution in [0.5, 0.6) is 0 Å². The molecule has 1 aromatic carbocycles. The number of ether oxygens (including phenoxy) is 1. The zero-order valence-corrected chi connectivity index (χ0v) is 13.2. The van der Waals surface area contributed by atoms with Gasteiger partial charge in [0.25, 0.3) is 10.0 Å². The third-order valence-corrected chi connectivity index (χ3v) is 4.65. The van der Waals surface area contributed by atoms with Crippen LogP contribution in [0, 0.1) is 5.82 Å². The molecule has 122 valence electrons. The van der Waals surface area contributed by atoms with E-state index < -0.39 is 21.8 Å². The lowest BCUT2D eigenvalue weighted by Gasteiger charge is -2.18. The lowest BCUT2D eigenvalue weighted by Crippen LogP contribution is -2.27. The van der Waals surface area contributed by atoms with Gasteiger partial charge >= 0.3 is 5.97 Å². The molecule has 0 atom stereocenters. The van der Waals surface area contributed by atoms with Gasteiger partial charge in [0.05, 0.1) is 23.3 Å². The highest BCUT2D eigenvalue weighted by molar-refractivity contribution is 7.92. The van der Waals surface area contributed by atoms with E-state index in [1.165, 1.54) is 25.6 Å². The summed E-state index contributed by atoms with van der Waals surface area (Å²) in [6.45, 7) is 1.69. The van der Waals surface area contributed by atoms with E-state index in [-0.39, 0.29) is 22.9 Å². The van der Waals surface area contributed by atoms with E-state index in [0.29, 0.717) is 0 Å². The number of halogens is 1. The number of hydrogen-bond acceptors (Lipinski definition) is 6. The number of benzene rings is 1. The van der Waals surface area contributed by atoms with E-state index in [1.807, 2.05) is 0 Å². The van der Waals surface area contributed by atoms with Crippen LogP contribution < -0.4 is 4.31 Å². The van der Waals surface area contributed by atoms with E-state index in [4.69, 9.17) is 4.74 Å². The Morgan fingerprint density at radius 2 is 2.04 bits per heavy atom. The van der Waals surface area contributed by atoms with Gasteiger partial charge in [0.1, 0.15) is 5.82 Å². The van der Waals surface area contributed by atoms with Crippen molar-refractivity contribution in [2.24, 2.45) is 0 Å². The molecule has 0 spiro atoms. The molecule has 7 nitrogen and oxygen atoms in total. The summed E-state index contributed by atoms with van der Waals surface area (Å²) in [4.78, 5) is 19.0. The molecule has 2 aromatic rings. The number of aromatic nitrogens is 2. The first-order valence-corrected chi connectivity index (χ1v) is 8.03. The summed E-state index contributed by atoms with van der Waals surface area (Å²) < 4.78 is 44.4. The largest absolute Gasteiger partial charge is 0.462 e. The van der Waals surface area contributed by atoms with Crippen LogP contribution in [0.3, 0.4) is 0 Å². The fourth-order valence-electron chi connectivity index (χ4n) is 1.78. The normalized spacial score (nSPS) is 11.1. The number of carbonyl (C=O) groups is 1. The van der Waals surface area contributed by atoms with Gasteiger partial charge in [-0.1, -0.05) is 0 Å². The Kier molecular flexibility index (Phi) is 4.89. The molecule has 0 unspecified atom stereocenters. The second-order valence-electron chi connectivity index (χ2n) is 4.43. The topological polar surface area (TPSA) is 89.5 Å². The number of nitrogens with zero attached hydrogens (tertiary/aromatic N) is 3. The number of carbonyl (C=O) groups excluding carboxylic acids is 1. The number of hydrogen-bond donors (Lipinski definition) is 0. The van der Waals surface area contributed by atoms with Gasteiger partial charge in [0.15, 0.2) is 5.82 Å². The van der Waals surface area contributed by atoms with E-state index in [0.717, 1.165) is 22.5 Å². The summed E-state index contributed by atoms with van der Waals surface area (Å²) in [5, 5.41) is 0. The minimum absolute atomic E-state index is 0.0643. The molecule has 0 aliphatic rings. The zero-order chi connectivity index (χ0) is 17.0. The van der Waals surface area contributed by atoms with E-state index in [2.05, 4.69) is 9.97 Å². The fraction of sp³-hybridized carbons (Fsp3) is 0.214. The Morgan fingerprint density at radius 3 is 2.65 bits per heavy atom. The molecule has 1 heterocycles. The van der Waals surface area contributed by atoms with Gasteiger partial charge in [0, 0.05) is 19.4 Å². The van der Waals surface area contributed by atoms with Crippen molar-refractivity contribution in [1.29, 1.82) is 0 Å². The average Bonchev–Trinajstić information content (AvgIpc) is 2.54. The molecule has 23 heavy (non-hydrogen) atoms. The second kappa shape index (κ2) is 6.69. The SMILES string of the molecule is CCOC(=O)c1cc(F)cc(S(=O)(=O)N(C)c2cnccn2)c1. The monoisotopic (exact) mass is 339 g/mol. The molecule has 0 N–H and O–H groups in total. The first kappa shape index (κ1) is 16.8. The molecule has 9 heteroatoms. The maximum absolute atomic E-state index is 13.7. The molecule has 0 aliphatic carbocycles. The highest BCUT2D eigenvalue weighted by Gasteiger charge is 2.25. The van der Waals surface area contributed by atoms with Crippen molar-refractivity contribution in [2.45, 2.75) is 11.8 Å². The average molecular weight is 339 g/mol. The minimum atomic E-state index is -4.10. The van der Waals surface area contributed by atoms with Crippen LogP contribution in [-0.4, -0.2) is 38.0 Å². The first-order valence-electron chi connectivity index (χ1n) is 6.59. The molecular weight excluding hydrogens is 325 g/mol. The van der Waals surface area contributed by atoms with Crippen LogP contribution in [0.1, 0.15) is 17.3 Å². The summed E-state index contributed by atoms with van der Waals surface area (Å²) >= 11 is 0. The molecular formula is C14H14FN3O4S. The van der Waals surface area contributed by atoms with E-state index in [9.17, 15) is 17.6 Å². The molecule has 0 radical (unpaired) electrons. The highest BCUT2D eigenvalue weighted by atomic mass is 32.2. The van der Waals surface area contributed by atoms with Crippen LogP contribution in [0.15, 0.2) is 41.7 Å². The predicted molar refractivity (Wildman–Crippen MR) is 80.0 cm³/mol. The minimum Gasteiger partial charge on any atom is -0.462 e. The van der Waals surface area contributed by atoms with Crippen LogP contribution in [-0.2, 0) is 14.8 Å². The molecule has 0 bridgehead atoms. The zero-order valence-electron chi connectivity index (χ0n) is 12.4. The molecule has 0 aliphatic heterocycles. The summed E-state index contributed by atoms with van der Waals surface area (Å²) in [5.74, 6) is -1.60. The van der Waals surface area contributed by atoms with Crippen molar-refractivity contribution >= 4 is 21.8 Å². The summed E-state index contributed by atoms with van der Waals surface area (Å²) in [5.41, 5.74) is -0.182. The van der Waals surface area contributed by atoms with Crippen LogP contribution in [0.25, 0.3) is 0 Å². The highest BCUT2D eigenvalue weighted by Crippen LogP contribution is 2.22. The summed E-state index contributed by atoms with van der Waals surface area (Å²) in [7, 11) is -2.84. The maximum atomic E-state index is 13.7. The van der Waals surface area contributed by atoms with Gasteiger partial charge < -0.3 is 4.74 Å². The second-order valence-corrected chi connectivity index (χ2v) is 6.40. The number of esters is 1. The van der Waals surface area contributed by atoms with Gasteiger partial charge in [-0.25, -0.2) is 22.6 Å². The van der Waals surface area contributed by atoms with Gasteiger partial charge in [-0.2, -0.15) is 0 Å². The molecule has 2 rings (SSSR count). The maximum Gasteiger partial charge on any atom is 0.338 e. The lowest BCUT2D eigenvalue weighted by atomic mass is 10.2.